The fourth-order valence-corrected chi connectivity index (χ4v) is 3.42. The number of carbonyl (C=O) groups is 1. The first-order chi connectivity index (χ1) is 11.2. The van der Waals surface area contributed by atoms with Crippen LogP contribution in [0.5, 0.6) is 5.75 Å². The van der Waals surface area contributed by atoms with Crippen LogP contribution in [0.1, 0.15) is 23.6 Å². The number of aryl methyl sites for hydroxylation is 1. The van der Waals surface area contributed by atoms with E-state index in [1.807, 2.05) is 31.3 Å². The Labute approximate surface area is 135 Å². The number of para-hydroxylation sites is 1. The summed E-state index contributed by atoms with van der Waals surface area (Å²) in [6, 6.07) is 7.93. The van der Waals surface area contributed by atoms with Crippen LogP contribution in [0.4, 0.5) is 0 Å². The third-order valence-electron chi connectivity index (χ3n) is 4.67. The Morgan fingerprint density at radius 2 is 2.26 bits per heavy atom. The highest BCUT2D eigenvalue weighted by molar-refractivity contribution is 5.79. The summed E-state index contributed by atoms with van der Waals surface area (Å²) in [4.78, 5) is 14.5. The highest BCUT2D eigenvalue weighted by Gasteiger charge is 2.29. The molecule has 0 saturated carbocycles. The molecule has 2 aliphatic heterocycles. The summed E-state index contributed by atoms with van der Waals surface area (Å²) in [5.41, 5.74) is 1.11. The second-order valence-corrected chi connectivity index (χ2v) is 6.30. The van der Waals surface area contributed by atoms with Crippen molar-refractivity contribution < 1.29 is 9.53 Å². The summed E-state index contributed by atoms with van der Waals surface area (Å²) >= 11 is 0. The van der Waals surface area contributed by atoms with Gasteiger partial charge in [0.25, 0.3) is 0 Å². The van der Waals surface area contributed by atoms with Crippen LogP contribution in [0, 0.1) is 5.92 Å². The van der Waals surface area contributed by atoms with Crippen molar-refractivity contribution in [3.63, 3.8) is 0 Å². The van der Waals surface area contributed by atoms with Gasteiger partial charge in [-0.1, -0.05) is 18.2 Å². The fourth-order valence-electron chi connectivity index (χ4n) is 3.42. The van der Waals surface area contributed by atoms with Crippen LogP contribution in [-0.2, 0) is 30.7 Å². The average Bonchev–Trinajstić information content (AvgIpc) is 3.18. The number of fused-ring (bicyclic) bond motifs is 2. The molecule has 1 aromatic carbocycles. The topological polar surface area (TPSA) is 60.2 Å². The van der Waals surface area contributed by atoms with Crippen molar-refractivity contribution in [2.24, 2.45) is 5.92 Å². The minimum Gasteiger partial charge on any atom is -0.492 e. The van der Waals surface area contributed by atoms with Gasteiger partial charge in [-0.2, -0.15) is 0 Å². The zero-order valence-corrected chi connectivity index (χ0v) is 13.2. The normalized spacial score (nSPS) is 18.9. The molecule has 1 amide bonds. The summed E-state index contributed by atoms with van der Waals surface area (Å²) < 4.78 is 7.87. The summed E-state index contributed by atoms with van der Waals surface area (Å²) in [6.07, 6.45) is 2.83. The SMILES string of the molecule is CN(Cc1nnc2n1CCC2)C(=O)C1COc2ccccc2C1. The van der Waals surface area contributed by atoms with Crippen molar-refractivity contribution in [3.05, 3.63) is 41.5 Å². The number of carbonyl (C=O) groups excluding carboxylic acids is 1. The number of benzene rings is 1. The lowest BCUT2D eigenvalue weighted by atomic mass is 9.95. The van der Waals surface area contributed by atoms with Gasteiger partial charge in [0.05, 0.1) is 12.5 Å². The number of aromatic nitrogens is 3. The van der Waals surface area contributed by atoms with Gasteiger partial charge in [0, 0.05) is 20.0 Å². The van der Waals surface area contributed by atoms with E-state index in [1.165, 1.54) is 0 Å². The second kappa shape index (κ2) is 5.68. The zero-order valence-electron chi connectivity index (χ0n) is 13.2. The van der Waals surface area contributed by atoms with E-state index in [4.69, 9.17) is 4.74 Å². The molecule has 0 radical (unpaired) electrons. The number of rotatable bonds is 3. The van der Waals surface area contributed by atoms with E-state index in [1.54, 1.807) is 4.90 Å². The quantitative estimate of drug-likeness (QED) is 0.860. The summed E-state index contributed by atoms with van der Waals surface area (Å²) in [7, 11) is 1.83. The van der Waals surface area contributed by atoms with Gasteiger partial charge in [-0.05, 0) is 24.5 Å². The predicted octanol–water partition coefficient (Wildman–Crippen LogP) is 1.43. The van der Waals surface area contributed by atoms with E-state index in [9.17, 15) is 4.79 Å². The van der Waals surface area contributed by atoms with Crippen molar-refractivity contribution in [2.45, 2.75) is 32.4 Å². The molecule has 120 valence electrons. The van der Waals surface area contributed by atoms with Gasteiger partial charge in [-0.3, -0.25) is 4.79 Å². The van der Waals surface area contributed by atoms with E-state index in [0.717, 1.165) is 48.8 Å². The van der Waals surface area contributed by atoms with Crippen molar-refractivity contribution >= 4 is 5.91 Å². The van der Waals surface area contributed by atoms with Crippen LogP contribution in [0.2, 0.25) is 0 Å². The van der Waals surface area contributed by atoms with Gasteiger partial charge >= 0.3 is 0 Å². The number of hydrogen-bond acceptors (Lipinski definition) is 4. The second-order valence-electron chi connectivity index (χ2n) is 6.30. The molecule has 1 unspecified atom stereocenters. The lowest BCUT2D eigenvalue weighted by Gasteiger charge is -2.28. The Kier molecular flexibility index (Phi) is 3.52. The van der Waals surface area contributed by atoms with Crippen molar-refractivity contribution in [3.8, 4) is 5.75 Å². The zero-order chi connectivity index (χ0) is 15.8. The monoisotopic (exact) mass is 312 g/mol. The maximum Gasteiger partial charge on any atom is 0.229 e. The Morgan fingerprint density at radius 1 is 1.39 bits per heavy atom. The maximum atomic E-state index is 12.7. The predicted molar refractivity (Wildman–Crippen MR) is 83.9 cm³/mol. The smallest absolute Gasteiger partial charge is 0.229 e. The molecule has 6 heteroatoms. The van der Waals surface area contributed by atoms with E-state index in [-0.39, 0.29) is 11.8 Å². The molecule has 2 aliphatic rings. The minimum atomic E-state index is -0.129. The maximum absolute atomic E-state index is 12.7. The first-order valence-corrected chi connectivity index (χ1v) is 8.09. The van der Waals surface area contributed by atoms with Crippen LogP contribution in [0.25, 0.3) is 0 Å². The lowest BCUT2D eigenvalue weighted by molar-refractivity contribution is -0.136. The van der Waals surface area contributed by atoms with Gasteiger partial charge in [-0.25, -0.2) is 0 Å². The molecule has 2 aromatic rings. The molecular weight excluding hydrogens is 292 g/mol. The van der Waals surface area contributed by atoms with Gasteiger partial charge in [0.15, 0.2) is 5.82 Å². The van der Waals surface area contributed by atoms with Crippen LogP contribution in [0.15, 0.2) is 24.3 Å². The number of amides is 1. The molecule has 0 spiro atoms. The Balaban J connectivity index is 1.45. The van der Waals surface area contributed by atoms with Crippen LogP contribution in [0.3, 0.4) is 0 Å². The molecule has 0 bridgehead atoms. The van der Waals surface area contributed by atoms with E-state index < -0.39 is 0 Å². The summed E-state index contributed by atoms with van der Waals surface area (Å²) in [5.74, 6) is 2.79. The van der Waals surface area contributed by atoms with E-state index in [2.05, 4.69) is 14.8 Å². The molecule has 3 heterocycles. The average molecular weight is 312 g/mol. The van der Waals surface area contributed by atoms with Gasteiger partial charge < -0.3 is 14.2 Å². The third kappa shape index (κ3) is 2.58. The largest absolute Gasteiger partial charge is 0.492 e. The van der Waals surface area contributed by atoms with Crippen molar-refractivity contribution in [1.29, 1.82) is 0 Å². The molecule has 0 aliphatic carbocycles. The van der Waals surface area contributed by atoms with Gasteiger partial charge in [0.2, 0.25) is 5.91 Å². The Bertz CT molecular complexity index is 740. The van der Waals surface area contributed by atoms with Gasteiger partial charge in [0.1, 0.15) is 18.2 Å². The molecule has 1 atom stereocenters. The summed E-state index contributed by atoms with van der Waals surface area (Å²) in [5, 5.41) is 8.43. The number of nitrogens with zero attached hydrogens (tertiary/aromatic N) is 4. The Hall–Kier alpha value is -2.37. The molecule has 0 N–H and O–H groups in total. The first kappa shape index (κ1) is 14.2. The van der Waals surface area contributed by atoms with Crippen LogP contribution in [-0.4, -0.2) is 39.2 Å². The Morgan fingerprint density at radius 3 is 3.17 bits per heavy atom. The summed E-state index contributed by atoms with van der Waals surface area (Å²) in [6.45, 7) is 1.90. The van der Waals surface area contributed by atoms with Crippen molar-refractivity contribution in [1.82, 2.24) is 19.7 Å². The lowest BCUT2D eigenvalue weighted by Crippen LogP contribution is -2.38. The van der Waals surface area contributed by atoms with Crippen molar-refractivity contribution in [2.75, 3.05) is 13.7 Å². The first-order valence-electron chi connectivity index (χ1n) is 8.09. The molecular formula is C17H20N4O2. The number of ether oxygens (including phenoxy) is 1. The fraction of sp³-hybridized carbons (Fsp3) is 0.471. The minimum absolute atomic E-state index is 0.106. The molecule has 1 aromatic heterocycles. The van der Waals surface area contributed by atoms with Crippen LogP contribution < -0.4 is 4.74 Å². The molecule has 0 saturated heterocycles. The number of hydrogen-bond donors (Lipinski definition) is 0. The molecule has 0 fully saturated rings. The highest BCUT2D eigenvalue weighted by atomic mass is 16.5. The van der Waals surface area contributed by atoms with E-state index >= 15 is 0 Å². The van der Waals surface area contributed by atoms with Crippen LogP contribution >= 0.6 is 0 Å². The standard InChI is InChI=1S/C17H20N4O2/c1-20(10-16-19-18-15-7-4-8-21(15)16)17(22)13-9-12-5-2-3-6-14(12)23-11-13/h2-3,5-6,13H,4,7-11H2,1H3. The highest BCUT2D eigenvalue weighted by Crippen LogP contribution is 2.27. The third-order valence-corrected chi connectivity index (χ3v) is 4.67. The van der Waals surface area contributed by atoms with Gasteiger partial charge in [-0.15, -0.1) is 10.2 Å². The molecule has 4 rings (SSSR count). The van der Waals surface area contributed by atoms with E-state index in [0.29, 0.717) is 13.2 Å². The molecule has 23 heavy (non-hydrogen) atoms. The molecule has 6 nitrogen and oxygen atoms in total.